The number of halogens is 1. The van der Waals surface area contributed by atoms with Gasteiger partial charge in [-0.25, -0.2) is 9.97 Å². The van der Waals surface area contributed by atoms with Gasteiger partial charge in [-0.1, -0.05) is 24.4 Å². The topological polar surface area (TPSA) is 124 Å². The molecule has 2 aliphatic rings. The van der Waals surface area contributed by atoms with Crippen molar-refractivity contribution in [2.24, 2.45) is 0 Å². The lowest BCUT2D eigenvalue weighted by Crippen LogP contribution is -2.52. The number of nitrogens with zero attached hydrogens (tertiary/aromatic N) is 3. The number of rotatable bonds is 3. The molecule has 2 aromatic heterocycles. The summed E-state index contributed by atoms with van der Waals surface area (Å²) in [7, 11) is 1.43. The minimum Gasteiger partial charge on any atom is -0.490 e. The highest BCUT2D eigenvalue weighted by atomic mass is 35.5. The van der Waals surface area contributed by atoms with E-state index in [4.69, 9.17) is 22.1 Å². The number of hydrogen-bond acceptors (Lipinski definition) is 7. The van der Waals surface area contributed by atoms with Gasteiger partial charge in [0.05, 0.1) is 24.2 Å². The molecule has 2 aromatic rings. The van der Waals surface area contributed by atoms with Crippen LogP contribution >= 0.6 is 11.6 Å². The Balaban J connectivity index is 1.83. The highest BCUT2D eigenvalue weighted by Gasteiger charge is 2.37. The Morgan fingerprint density at radius 2 is 2.11 bits per heavy atom. The number of aromatic nitrogens is 3. The largest absolute Gasteiger partial charge is 0.490 e. The van der Waals surface area contributed by atoms with Gasteiger partial charge in [0.25, 0.3) is 11.5 Å². The Morgan fingerprint density at radius 3 is 2.89 bits per heavy atom. The van der Waals surface area contributed by atoms with Gasteiger partial charge in [0.2, 0.25) is 5.75 Å². The molecule has 2 atom stereocenters. The molecule has 1 saturated carbocycles. The third kappa shape index (κ3) is 2.87. The summed E-state index contributed by atoms with van der Waals surface area (Å²) in [5.74, 6) is 0.296. The molecule has 10 heteroatoms. The number of carbonyl (C=O) groups excluding carboxylic acids is 1. The van der Waals surface area contributed by atoms with Gasteiger partial charge in [0.15, 0.2) is 11.6 Å². The smallest absolute Gasteiger partial charge is 0.275 e. The molecule has 4 rings (SSSR count). The van der Waals surface area contributed by atoms with E-state index in [0.717, 1.165) is 25.7 Å². The number of amides is 1. The lowest BCUT2D eigenvalue weighted by molar-refractivity contribution is 0.0846. The fourth-order valence-corrected chi connectivity index (χ4v) is 4.14. The Bertz CT molecular complexity index is 976. The number of anilines is 3. The van der Waals surface area contributed by atoms with Crippen LogP contribution in [0.2, 0.25) is 5.02 Å². The highest BCUT2D eigenvalue weighted by molar-refractivity contribution is 6.33. The van der Waals surface area contributed by atoms with Gasteiger partial charge >= 0.3 is 0 Å². The van der Waals surface area contributed by atoms with Crippen LogP contribution in [0.5, 0.6) is 5.75 Å². The van der Waals surface area contributed by atoms with Crippen LogP contribution in [0.4, 0.5) is 17.3 Å². The third-order valence-corrected chi connectivity index (χ3v) is 5.36. The van der Waals surface area contributed by atoms with Crippen LogP contribution in [-0.2, 0) is 0 Å². The fraction of sp³-hybridized carbons (Fsp3) is 0.412. The second-order valence-electron chi connectivity index (χ2n) is 6.63. The number of pyridine rings is 1. The Kier molecular flexibility index (Phi) is 4.39. The SMILES string of the molecule is COc1c(N)ncnc1Nc1cc(Cl)c2n(c1=O)C1CCCCC1NC2=O. The molecule has 0 bridgehead atoms. The summed E-state index contributed by atoms with van der Waals surface area (Å²) < 4.78 is 6.73. The van der Waals surface area contributed by atoms with Crippen LogP contribution in [-0.4, -0.2) is 33.6 Å². The third-order valence-electron chi connectivity index (χ3n) is 5.07. The molecular formula is C17H19ClN6O3. The Hall–Kier alpha value is -2.81. The first kappa shape index (κ1) is 17.6. The molecule has 0 aromatic carbocycles. The van der Waals surface area contributed by atoms with Crippen molar-refractivity contribution in [1.82, 2.24) is 19.9 Å². The van der Waals surface area contributed by atoms with Crippen LogP contribution in [0.25, 0.3) is 0 Å². The number of ether oxygens (including phenoxy) is 1. The Morgan fingerprint density at radius 1 is 1.33 bits per heavy atom. The van der Waals surface area contributed by atoms with Gasteiger partial charge in [-0.2, -0.15) is 0 Å². The molecule has 4 N–H and O–H groups in total. The number of carbonyl (C=O) groups is 1. The minimum absolute atomic E-state index is 0.0630. The van der Waals surface area contributed by atoms with Gasteiger partial charge in [-0.15, -0.1) is 0 Å². The molecule has 0 saturated heterocycles. The van der Waals surface area contributed by atoms with E-state index in [0.29, 0.717) is 0 Å². The summed E-state index contributed by atoms with van der Waals surface area (Å²) in [6.07, 6.45) is 4.93. The summed E-state index contributed by atoms with van der Waals surface area (Å²) in [5.41, 5.74) is 5.85. The van der Waals surface area contributed by atoms with Crippen molar-refractivity contribution < 1.29 is 9.53 Å². The van der Waals surface area contributed by atoms with E-state index in [2.05, 4.69) is 20.6 Å². The number of methoxy groups -OCH3 is 1. The van der Waals surface area contributed by atoms with Crippen molar-refractivity contribution in [3.8, 4) is 5.75 Å². The fourth-order valence-electron chi connectivity index (χ4n) is 3.86. The van der Waals surface area contributed by atoms with Gasteiger partial charge in [-0.05, 0) is 18.9 Å². The zero-order chi connectivity index (χ0) is 19.1. The molecule has 142 valence electrons. The number of nitrogens with two attached hydrogens (primary N) is 1. The van der Waals surface area contributed by atoms with Gasteiger partial charge in [0.1, 0.15) is 17.7 Å². The minimum atomic E-state index is -0.333. The molecule has 1 fully saturated rings. The van der Waals surface area contributed by atoms with Crippen LogP contribution in [0.15, 0.2) is 17.2 Å². The second kappa shape index (κ2) is 6.73. The molecule has 1 amide bonds. The number of nitrogen functional groups attached to an aromatic ring is 1. The summed E-state index contributed by atoms with van der Waals surface area (Å²) >= 11 is 6.37. The first-order valence-corrected chi connectivity index (χ1v) is 9.06. The molecule has 0 spiro atoms. The summed E-state index contributed by atoms with van der Waals surface area (Å²) in [6.45, 7) is 0. The molecule has 27 heavy (non-hydrogen) atoms. The zero-order valence-corrected chi connectivity index (χ0v) is 15.4. The maximum absolute atomic E-state index is 13.2. The monoisotopic (exact) mass is 390 g/mol. The maximum Gasteiger partial charge on any atom is 0.275 e. The van der Waals surface area contributed by atoms with E-state index >= 15 is 0 Å². The second-order valence-corrected chi connectivity index (χ2v) is 7.03. The Labute approximate surface area is 159 Å². The van der Waals surface area contributed by atoms with Crippen LogP contribution in [0.3, 0.4) is 0 Å². The average Bonchev–Trinajstić information content (AvgIpc) is 2.65. The lowest BCUT2D eigenvalue weighted by atomic mass is 9.88. The van der Waals surface area contributed by atoms with Crippen molar-refractivity contribution in [1.29, 1.82) is 0 Å². The average molecular weight is 391 g/mol. The molecule has 1 aliphatic heterocycles. The molecule has 1 aliphatic carbocycles. The van der Waals surface area contributed by atoms with E-state index in [9.17, 15) is 9.59 Å². The number of hydrogen-bond donors (Lipinski definition) is 3. The van der Waals surface area contributed by atoms with E-state index < -0.39 is 0 Å². The van der Waals surface area contributed by atoms with Crippen LogP contribution in [0, 0.1) is 0 Å². The van der Waals surface area contributed by atoms with Crippen LogP contribution < -0.4 is 26.7 Å². The predicted octanol–water partition coefficient (Wildman–Crippen LogP) is 1.85. The van der Waals surface area contributed by atoms with E-state index in [-0.39, 0.29) is 57.3 Å². The van der Waals surface area contributed by atoms with Gasteiger partial charge < -0.3 is 21.1 Å². The standard InChI is InChI=1S/C17H19ClN6O3/c1-27-13-14(19)20-7-21-15(13)22-10-6-8(18)12-16(25)23-9-4-2-3-5-11(9)24(12)17(10)26/h6-7,9,11H,2-5H2,1H3,(H,23,25)(H3,19,20,21,22). The van der Waals surface area contributed by atoms with Crippen molar-refractivity contribution in [3.63, 3.8) is 0 Å². The molecule has 2 unspecified atom stereocenters. The summed E-state index contributed by atoms with van der Waals surface area (Å²) in [4.78, 5) is 33.6. The van der Waals surface area contributed by atoms with Crippen molar-refractivity contribution >= 4 is 34.8 Å². The van der Waals surface area contributed by atoms with Crippen LogP contribution in [0.1, 0.15) is 42.2 Å². The summed E-state index contributed by atoms with van der Waals surface area (Å²) in [6, 6.07) is 1.25. The lowest BCUT2D eigenvalue weighted by Gasteiger charge is -2.39. The molecular weight excluding hydrogens is 372 g/mol. The predicted molar refractivity (Wildman–Crippen MR) is 101 cm³/mol. The number of nitrogens with one attached hydrogen (secondary N) is 2. The van der Waals surface area contributed by atoms with Crippen molar-refractivity contribution in [2.75, 3.05) is 18.2 Å². The normalized spacial score (nSPS) is 21.0. The van der Waals surface area contributed by atoms with Gasteiger partial charge in [-0.3, -0.25) is 14.2 Å². The molecule has 9 nitrogen and oxygen atoms in total. The quantitative estimate of drug-likeness (QED) is 0.730. The van der Waals surface area contributed by atoms with E-state index in [1.807, 2.05) is 0 Å². The number of fused-ring (bicyclic) bond motifs is 3. The first-order chi connectivity index (χ1) is 13.0. The molecule has 0 radical (unpaired) electrons. The maximum atomic E-state index is 13.2. The summed E-state index contributed by atoms with van der Waals surface area (Å²) in [5, 5.41) is 6.10. The highest BCUT2D eigenvalue weighted by Crippen LogP contribution is 2.35. The van der Waals surface area contributed by atoms with E-state index in [1.54, 1.807) is 0 Å². The molecule has 3 heterocycles. The van der Waals surface area contributed by atoms with Crippen molar-refractivity contribution in [3.05, 3.63) is 33.5 Å². The van der Waals surface area contributed by atoms with E-state index in [1.165, 1.54) is 24.1 Å². The first-order valence-electron chi connectivity index (χ1n) is 8.68. The zero-order valence-electron chi connectivity index (χ0n) is 14.7. The van der Waals surface area contributed by atoms with Crippen molar-refractivity contribution in [2.45, 2.75) is 37.8 Å². The van der Waals surface area contributed by atoms with Gasteiger partial charge in [0, 0.05) is 0 Å².